The second-order valence-corrected chi connectivity index (χ2v) is 8.57. The van der Waals surface area contributed by atoms with Gasteiger partial charge in [-0.1, -0.05) is 84.5 Å². The van der Waals surface area contributed by atoms with Crippen molar-refractivity contribution in [3.63, 3.8) is 0 Å². The largest absolute Gasteiger partial charge is 0.399 e. The van der Waals surface area contributed by atoms with E-state index in [-0.39, 0.29) is 13.2 Å². The molecule has 166 valence electrons. The number of unbranched alkanes of at least 4 members (excludes halogenated alkanes) is 11. The molecule has 0 spiro atoms. The molecule has 0 fully saturated rings. The summed E-state index contributed by atoms with van der Waals surface area (Å²) in [5, 5.41) is 0. The molecule has 0 aliphatic heterocycles. The summed E-state index contributed by atoms with van der Waals surface area (Å²) in [6, 6.07) is 0. The predicted molar refractivity (Wildman–Crippen MR) is 106 cm³/mol. The molecule has 0 rings (SSSR count). The van der Waals surface area contributed by atoms with Crippen LogP contribution in [-0.2, 0) is 29.2 Å². The van der Waals surface area contributed by atoms with Gasteiger partial charge >= 0.3 is 20.8 Å². The van der Waals surface area contributed by atoms with Crippen LogP contribution in [-0.4, -0.2) is 39.2 Å². The Kier molecular flexibility index (Phi) is 20.4. The van der Waals surface area contributed by atoms with E-state index in [1.807, 2.05) is 0 Å². The lowest BCUT2D eigenvalue weighted by atomic mass is 10.1. The van der Waals surface area contributed by atoms with Gasteiger partial charge in [-0.05, 0) is 12.8 Å². The van der Waals surface area contributed by atoms with E-state index in [9.17, 15) is 8.42 Å². The van der Waals surface area contributed by atoms with Gasteiger partial charge in [0.05, 0.1) is 13.2 Å². The summed E-state index contributed by atoms with van der Waals surface area (Å²) in [4.78, 5) is 0. The van der Waals surface area contributed by atoms with Crippen LogP contribution in [0.25, 0.3) is 0 Å². The van der Waals surface area contributed by atoms with Crippen molar-refractivity contribution in [2.24, 2.45) is 0 Å². The number of rotatable bonds is 17. The fourth-order valence-corrected chi connectivity index (χ4v) is 3.01. The molecular weight excluding hydrogens is 396 g/mol. The van der Waals surface area contributed by atoms with Crippen LogP contribution in [0.5, 0.6) is 0 Å². The first-order chi connectivity index (χ1) is 12.6. The molecule has 0 aromatic rings. The Hall–Kier alpha value is -0.260. The minimum absolute atomic E-state index is 0.242. The molecule has 0 aromatic carbocycles. The Morgan fingerprint density at radius 3 is 1.11 bits per heavy atom. The van der Waals surface area contributed by atoms with E-state index in [1.54, 1.807) is 0 Å². The average molecular weight is 435 g/mol. The smallest absolute Gasteiger partial charge is 0.264 e. The zero-order valence-electron chi connectivity index (χ0n) is 16.8. The van der Waals surface area contributed by atoms with E-state index in [0.717, 1.165) is 38.5 Å². The van der Waals surface area contributed by atoms with Gasteiger partial charge in [-0.25, -0.2) is 8.37 Å². The molecule has 0 aliphatic rings. The topological polar surface area (TPSA) is 127 Å². The third-order valence-electron chi connectivity index (χ3n) is 3.70. The van der Waals surface area contributed by atoms with Crippen LogP contribution >= 0.6 is 0 Å². The Morgan fingerprint density at radius 2 is 0.815 bits per heavy atom. The summed E-state index contributed by atoms with van der Waals surface area (Å²) in [5.41, 5.74) is 0. The maximum absolute atomic E-state index is 11.5. The highest BCUT2D eigenvalue weighted by molar-refractivity contribution is 7.81. The van der Waals surface area contributed by atoms with Crippen molar-refractivity contribution in [2.45, 2.75) is 97.3 Å². The summed E-state index contributed by atoms with van der Waals surface area (Å²) in [5.74, 6) is 0. The summed E-state index contributed by atoms with van der Waals surface area (Å²) >= 11 is 0. The third-order valence-corrected chi connectivity index (χ3v) is 4.61. The summed E-state index contributed by atoms with van der Waals surface area (Å²) in [6.07, 6.45) is 14.6. The second kappa shape index (κ2) is 19.1. The molecule has 0 bridgehead atoms. The van der Waals surface area contributed by atoms with E-state index < -0.39 is 20.8 Å². The molecule has 0 saturated heterocycles. The van der Waals surface area contributed by atoms with Crippen LogP contribution < -0.4 is 0 Å². The lowest BCUT2D eigenvalue weighted by Crippen LogP contribution is -2.12. The maximum Gasteiger partial charge on any atom is 0.399 e. The van der Waals surface area contributed by atoms with E-state index >= 15 is 0 Å². The quantitative estimate of drug-likeness (QED) is 0.248. The molecule has 10 heteroatoms. The van der Waals surface area contributed by atoms with Crippen molar-refractivity contribution in [2.75, 3.05) is 13.2 Å². The van der Waals surface area contributed by atoms with Gasteiger partial charge in [0.1, 0.15) is 0 Å². The van der Waals surface area contributed by atoms with E-state index in [2.05, 4.69) is 13.8 Å². The van der Waals surface area contributed by atoms with Crippen molar-refractivity contribution < 1.29 is 34.3 Å². The van der Waals surface area contributed by atoms with Crippen LogP contribution in [0.1, 0.15) is 97.3 Å². The molecule has 0 atom stereocenters. The monoisotopic (exact) mass is 434 g/mol. The molecule has 0 unspecified atom stereocenters. The van der Waals surface area contributed by atoms with Crippen molar-refractivity contribution in [3.05, 3.63) is 0 Å². The van der Waals surface area contributed by atoms with Crippen molar-refractivity contribution in [1.29, 1.82) is 0 Å². The lowest BCUT2D eigenvalue weighted by molar-refractivity contribution is 0.208. The van der Waals surface area contributed by atoms with Gasteiger partial charge in [0, 0.05) is 0 Å². The Labute approximate surface area is 165 Å². The van der Waals surface area contributed by atoms with Gasteiger partial charge in [-0.3, -0.25) is 9.11 Å². The van der Waals surface area contributed by atoms with E-state index in [0.29, 0.717) is 0 Å². The van der Waals surface area contributed by atoms with Crippen LogP contribution in [0.15, 0.2) is 0 Å². The number of hydrogen-bond acceptors (Lipinski definition) is 6. The van der Waals surface area contributed by atoms with Gasteiger partial charge in [0.25, 0.3) is 0 Å². The molecule has 0 heterocycles. The molecule has 0 radical (unpaired) electrons. The Balaban J connectivity index is 0. The molecule has 0 amide bonds. The molecule has 0 aromatic heterocycles. The Bertz CT molecular complexity index is 495. The van der Waals surface area contributed by atoms with Crippen LogP contribution in [0.2, 0.25) is 0 Å². The first kappa shape index (κ1) is 28.9. The van der Waals surface area contributed by atoms with Crippen LogP contribution in [0, 0.1) is 0 Å². The summed E-state index contributed by atoms with van der Waals surface area (Å²) in [6.45, 7) is 4.86. The predicted octanol–water partition coefficient (Wildman–Crippen LogP) is 4.72. The maximum atomic E-state index is 11.5. The van der Waals surface area contributed by atoms with Gasteiger partial charge < -0.3 is 0 Å². The normalized spacial score (nSPS) is 11.9. The number of hydrogen-bond donors (Lipinski definition) is 2. The van der Waals surface area contributed by atoms with Gasteiger partial charge in [0.2, 0.25) is 0 Å². The zero-order chi connectivity index (χ0) is 21.0. The first-order valence-electron chi connectivity index (χ1n) is 9.86. The van der Waals surface area contributed by atoms with Gasteiger partial charge in [-0.2, -0.15) is 16.8 Å². The molecule has 0 saturated carbocycles. The van der Waals surface area contributed by atoms with E-state index in [1.165, 1.54) is 44.9 Å². The fraction of sp³-hybridized carbons (Fsp3) is 1.00. The fourth-order valence-electron chi connectivity index (χ4n) is 2.30. The third kappa shape index (κ3) is 33.7. The van der Waals surface area contributed by atoms with Crippen molar-refractivity contribution in [3.8, 4) is 0 Å². The van der Waals surface area contributed by atoms with Crippen LogP contribution in [0.3, 0.4) is 0 Å². The zero-order valence-corrected chi connectivity index (χ0v) is 18.4. The molecular formula is C17H38O8S2. The minimum Gasteiger partial charge on any atom is -0.264 e. The highest BCUT2D eigenvalue weighted by Gasteiger charge is 2.10. The average Bonchev–Trinajstić information content (AvgIpc) is 2.55. The Morgan fingerprint density at radius 1 is 0.556 bits per heavy atom. The molecule has 8 nitrogen and oxygen atoms in total. The SMILES string of the molecule is CCCCCCCCCOS(=O)(=O)OCCCCCCCC.O=S(=O)(O)O. The molecule has 27 heavy (non-hydrogen) atoms. The van der Waals surface area contributed by atoms with Crippen molar-refractivity contribution in [1.82, 2.24) is 0 Å². The second-order valence-electron chi connectivity index (χ2n) is 6.39. The van der Waals surface area contributed by atoms with Crippen molar-refractivity contribution >= 4 is 20.8 Å². The highest BCUT2D eigenvalue weighted by atomic mass is 32.3. The minimum atomic E-state index is -4.67. The highest BCUT2D eigenvalue weighted by Crippen LogP contribution is 2.09. The summed E-state index contributed by atoms with van der Waals surface area (Å²) < 4.78 is 64.3. The lowest BCUT2D eigenvalue weighted by Gasteiger charge is -2.06. The summed E-state index contributed by atoms with van der Waals surface area (Å²) in [7, 11) is -8.45. The molecule has 0 aliphatic carbocycles. The van der Waals surface area contributed by atoms with E-state index in [4.69, 9.17) is 25.9 Å². The standard InChI is InChI=1S/C17H36O4S.H2O4S/c1-3-5-7-9-11-13-15-17-21-22(18,19)20-16-14-12-10-8-6-4-2;1-5(2,3)4/h3-17H2,1-2H3;(H2,1,2,3,4). The molecule has 2 N–H and O–H groups in total. The van der Waals surface area contributed by atoms with Gasteiger partial charge in [-0.15, -0.1) is 0 Å². The van der Waals surface area contributed by atoms with Crippen LogP contribution in [0.4, 0.5) is 0 Å². The first-order valence-corrected chi connectivity index (χ1v) is 12.6. The van der Waals surface area contributed by atoms with Gasteiger partial charge in [0.15, 0.2) is 0 Å².